The summed E-state index contributed by atoms with van der Waals surface area (Å²) in [5, 5.41) is 5.43. The molecule has 4 amide bonds. The molecule has 0 aromatic heterocycles. The van der Waals surface area contributed by atoms with E-state index in [4.69, 9.17) is 10.5 Å². The zero-order valence-corrected chi connectivity index (χ0v) is 23.0. The average molecular weight is 525 g/mol. The highest BCUT2D eigenvalue weighted by Crippen LogP contribution is 2.25. The van der Waals surface area contributed by atoms with Gasteiger partial charge in [0.15, 0.2) is 0 Å². The predicted octanol–water partition coefficient (Wildman–Crippen LogP) is 3.75. The van der Waals surface area contributed by atoms with Gasteiger partial charge in [0.2, 0.25) is 17.7 Å². The van der Waals surface area contributed by atoms with Crippen LogP contribution in [0.5, 0.6) is 0 Å². The Hall–Kier alpha value is -3.88. The van der Waals surface area contributed by atoms with Crippen molar-refractivity contribution in [3.63, 3.8) is 0 Å². The Morgan fingerprint density at radius 2 is 1.71 bits per heavy atom. The summed E-state index contributed by atoms with van der Waals surface area (Å²) in [5.41, 5.74) is 7.07. The summed E-state index contributed by atoms with van der Waals surface area (Å²) in [6, 6.07) is 14.5. The van der Waals surface area contributed by atoms with Gasteiger partial charge in [0.05, 0.1) is 6.42 Å². The molecule has 4 N–H and O–H groups in total. The van der Waals surface area contributed by atoms with Gasteiger partial charge in [-0.1, -0.05) is 73.5 Å². The quantitative estimate of drug-likeness (QED) is 0.389. The molecule has 0 fully saturated rings. The molecule has 0 bridgehead atoms. The van der Waals surface area contributed by atoms with Crippen molar-refractivity contribution in [2.75, 3.05) is 6.54 Å². The fraction of sp³-hybridized carbons (Fsp3) is 0.448. The first-order chi connectivity index (χ1) is 17.9. The standard InChI is InChI=1S/C29H40N4O5/c1-6-7-16-33(27(36)23(18-24(30)34)32-28(37)38-29(3,4)5)25(22-15-11-12-20(2)17-22)26(35)31-19-21-13-9-8-10-14-21/h8-15,17,23,25H,6-7,16,18-19H2,1-5H3,(H2,30,34)(H,31,35)(H,32,37). The van der Waals surface area contributed by atoms with Gasteiger partial charge >= 0.3 is 6.09 Å². The van der Waals surface area contributed by atoms with Crippen molar-refractivity contribution in [2.45, 2.75) is 78.1 Å². The minimum Gasteiger partial charge on any atom is -0.444 e. The summed E-state index contributed by atoms with van der Waals surface area (Å²) in [5.74, 6) is -1.74. The van der Waals surface area contributed by atoms with Crippen LogP contribution in [0.15, 0.2) is 54.6 Å². The van der Waals surface area contributed by atoms with Crippen molar-refractivity contribution >= 4 is 23.8 Å². The van der Waals surface area contributed by atoms with E-state index in [9.17, 15) is 19.2 Å². The number of carbonyl (C=O) groups is 4. The highest BCUT2D eigenvalue weighted by Gasteiger charge is 2.36. The molecule has 0 saturated carbocycles. The number of benzene rings is 2. The molecule has 2 atom stereocenters. The monoisotopic (exact) mass is 524 g/mol. The number of alkyl carbamates (subject to hydrolysis) is 1. The number of nitrogens with one attached hydrogen (secondary N) is 2. The Labute approximate surface area is 225 Å². The second kappa shape index (κ2) is 14.2. The molecule has 0 radical (unpaired) electrons. The summed E-state index contributed by atoms with van der Waals surface area (Å²) in [6.07, 6.45) is 0.0756. The van der Waals surface area contributed by atoms with Crippen molar-refractivity contribution < 1.29 is 23.9 Å². The molecule has 38 heavy (non-hydrogen) atoms. The van der Waals surface area contributed by atoms with Crippen LogP contribution < -0.4 is 16.4 Å². The topological polar surface area (TPSA) is 131 Å². The normalized spacial score (nSPS) is 12.7. The lowest BCUT2D eigenvalue weighted by atomic mass is 9.99. The molecule has 0 heterocycles. The first-order valence-corrected chi connectivity index (χ1v) is 12.9. The second-order valence-electron chi connectivity index (χ2n) is 10.3. The number of amides is 4. The lowest BCUT2D eigenvalue weighted by Crippen LogP contribution is -2.54. The zero-order valence-electron chi connectivity index (χ0n) is 23.0. The summed E-state index contributed by atoms with van der Waals surface area (Å²) >= 11 is 0. The first kappa shape index (κ1) is 30.3. The Bertz CT molecular complexity index is 1100. The van der Waals surface area contributed by atoms with Gasteiger partial charge in [-0.15, -0.1) is 0 Å². The third kappa shape index (κ3) is 9.88. The molecule has 0 aliphatic carbocycles. The van der Waals surface area contributed by atoms with Crippen molar-refractivity contribution in [3.8, 4) is 0 Å². The SMILES string of the molecule is CCCCN(C(=O)C(CC(N)=O)NC(=O)OC(C)(C)C)C(C(=O)NCc1ccccc1)c1cccc(C)c1. The van der Waals surface area contributed by atoms with Crippen molar-refractivity contribution in [1.82, 2.24) is 15.5 Å². The van der Waals surface area contributed by atoms with Crippen LogP contribution in [0.25, 0.3) is 0 Å². The van der Waals surface area contributed by atoms with Crippen LogP contribution in [0.2, 0.25) is 0 Å². The molecular formula is C29H40N4O5. The lowest BCUT2D eigenvalue weighted by molar-refractivity contribution is -0.143. The van der Waals surface area contributed by atoms with E-state index in [0.717, 1.165) is 17.5 Å². The third-order valence-corrected chi connectivity index (χ3v) is 5.66. The van der Waals surface area contributed by atoms with Gasteiger partial charge in [-0.3, -0.25) is 14.4 Å². The van der Waals surface area contributed by atoms with Gasteiger partial charge in [-0.2, -0.15) is 0 Å². The van der Waals surface area contributed by atoms with Crippen LogP contribution in [0, 0.1) is 6.92 Å². The van der Waals surface area contributed by atoms with E-state index >= 15 is 0 Å². The number of nitrogens with two attached hydrogens (primary N) is 1. The number of primary amides is 1. The summed E-state index contributed by atoms with van der Waals surface area (Å²) in [4.78, 5) is 53.4. The number of ether oxygens (including phenoxy) is 1. The molecule has 0 saturated heterocycles. The second-order valence-corrected chi connectivity index (χ2v) is 10.3. The predicted molar refractivity (Wildman–Crippen MR) is 146 cm³/mol. The molecule has 0 aliphatic heterocycles. The maximum absolute atomic E-state index is 13.9. The van der Waals surface area contributed by atoms with Crippen LogP contribution in [0.3, 0.4) is 0 Å². The highest BCUT2D eigenvalue weighted by molar-refractivity contribution is 5.94. The number of carbonyl (C=O) groups excluding carboxylic acids is 4. The molecule has 0 spiro atoms. The maximum atomic E-state index is 13.9. The Morgan fingerprint density at radius 3 is 2.29 bits per heavy atom. The molecule has 0 aliphatic rings. The Balaban J connectivity index is 2.46. The number of hydrogen-bond donors (Lipinski definition) is 3. The molecule has 9 heteroatoms. The van der Waals surface area contributed by atoms with Crippen LogP contribution >= 0.6 is 0 Å². The van der Waals surface area contributed by atoms with E-state index in [0.29, 0.717) is 12.0 Å². The molecule has 2 aromatic rings. The molecular weight excluding hydrogens is 484 g/mol. The summed E-state index contributed by atoms with van der Waals surface area (Å²) in [7, 11) is 0. The van der Waals surface area contributed by atoms with E-state index in [1.807, 2.05) is 62.4 Å². The minimum atomic E-state index is -1.30. The van der Waals surface area contributed by atoms with Gasteiger partial charge in [-0.25, -0.2) is 4.79 Å². The van der Waals surface area contributed by atoms with E-state index < -0.39 is 42.0 Å². The molecule has 2 rings (SSSR count). The van der Waals surface area contributed by atoms with Gasteiger partial charge in [0.25, 0.3) is 0 Å². The average Bonchev–Trinajstić information content (AvgIpc) is 2.83. The minimum absolute atomic E-state index is 0.234. The summed E-state index contributed by atoms with van der Waals surface area (Å²) < 4.78 is 5.30. The van der Waals surface area contributed by atoms with Crippen LogP contribution in [-0.2, 0) is 25.7 Å². The van der Waals surface area contributed by atoms with E-state index in [2.05, 4.69) is 10.6 Å². The van der Waals surface area contributed by atoms with Crippen molar-refractivity contribution in [1.29, 1.82) is 0 Å². The maximum Gasteiger partial charge on any atom is 0.408 e. The lowest BCUT2D eigenvalue weighted by Gasteiger charge is -2.34. The van der Waals surface area contributed by atoms with Gasteiger partial charge < -0.3 is 26.0 Å². The first-order valence-electron chi connectivity index (χ1n) is 12.9. The molecule has 2 unspecified atom stereocenters. The van der Waals surface area contributed by atoms with Crippen molar-refractivity contribution in [3.05, 3.63) is 71.3 Å². The molecule has 9 nitrogen and oxygen atoms in total. The van der Waals surface area contributed by atoms with Crippen LogP contribution in [-0.4, -0.2) is 46.9 Å². The number of rotatable bonds is 12. The van der Waals surface area contributed by atoms with E-state index in [1.54, 1.807) is 26.8 Å². The fourth-order valence-electron chi connectivity index (χ4n) is 3.94. The number of unbranched alkanes of at least 4 members (excludes halogenated alkanes) is 1. The van der Waals surface area contributed by atoms with Crippen molar-refractivity contribution in [2.24, 2.45) is 5.73 Å². The number of aryl methyl sites for hydroxylation is 1. The molecule has 2 aromatic carbocycles. The molecule has 206 valence electrons. The number of nitrogens with zero attached hydrogens (tertiary/aromatic N) is 1. The van der Waals surface area contributed by atoms with Crippen LogP contribution in [0.1, 0.15) is 69.7 Å². The highest BCUT2D eigenvalue weighted by atomic mass is 16.6. The largest absolute Gasteiger partial charge is 0.444 e. The van der Waals surface area contributed by atoms with Gasteiger partial charge in [0.1, 0.15) is 17.7 Å². The third-order valence-electron chi connectivity index (χ3n) is 5.66. The van der Waals surface area contributed by atoms with E-state index in [-0.39, 0.29) is 19.0 Å². The summed E-state index contributed by atoms with van der Waals surface area (Å²) in [6.45, 7) is 9.46. The van der Waals surface area contributed by atoms with Gasteiger partial charge in [-0.05, 0) is 45.2 Å². The Morgan fingerprint density at radius 1 is 1.03 bits per heavy atom. The smallest absolute Gasteiger partial charge is 0.408 e. The fourth-order valence-corrected chi connectivity index (χ4v) is 3.94. The van der Waals surface area contributed by atoms with Gasteiger partial charge in [0, 0.05) is 13.1 Å². The zero-order chi connectivity index (χ0) is 28.3. The number of hydrogen-bond acceptors (Lipinski definition) is 5. The Kier molecular flexibility index (Phi) is 11.3. The van der Waals surface area contributed by atoms with Crippen LogP contribution in [0.4, 0.5) is 4.79 Å². The van der Waals surface area contributed by atoms with E-state index in [1.165, 1.54) is 4.90 Å².